The first-order chi connectivity index (χ1) is 10.6. The van der Waals surface area contributed by atoms with Gasteiger partial charge in [0.05, 0.1) is 0 Å². The lowest BCUT2D eigenvalue weighted by atomic mass is 9.97. The third kappa shape index (κ3) is 3.10. The zero-order chi connectivity index (χ0) is 15.5. The summed E-state index contributed by atoms with van der Waals surface area (Å²) in [6.45, 7) is 1.75. The van der Waals surface area contributed by atoms with Crippen LogP contribution in [0, 0.1) is 5.92 Å². The number of aromatic nitrogens is 3. The minimum absolute atomic E-state index is 0.0396. The second kappa shape index (κ2) is 6.17. The Labute approximate surface area is 129 Å². The number of aryl methyl sites for hydroxylation is 1. The number of carbonyl (C=O) groups excluding carboxylic acids is 1. The monoisotopic (exact) mass is 300 g/mol. The van der Waals surface area contributed by atoms with Gasteiger partial charge in [-0.3, -0.25) is 9.59 Å². The van der Waals surface area contributed by atoms with E-state index in [1.54, 1.807) is 30.3 Å². The van der Waals surface area contributed by atoms with Gasteiger partial charge in [0.2, 0.25) is 5.91 Å². The van der Waals surface area contributed by atoms with E-state index in [-0.39, 0.29) is 18.0 Å². The van der Waals surface area contributed by atoms with Crippen LogP contribution in [0.5, 0.6) is 0 Å². The Bertz CT molecular complexity index is 719. The molecule has 1 aliphatic rings. The van der Waals surface area contributed by atoms with Gasteiger partial charge in [0, 0.05) is 51.2 Å². The zero-order valence-electron chi connectivity index (χ0n) is 12.7. The number of hydrogen-bond donors (Lipinski definition) is 0. The molecule has 2 aromatic rings. The first-order valence-corrected chi connectivity index (χ1v) is 7.53. The molecule has 2 aromatic heterocycles. The minimum Gasteiger partial charge on any atom is -0.344 e. The lowest BCUT2D eigenvalue weighted by Crippen LogP contribution is -2.38. The molecule has 3 rings (SSSR count). The van der Waals surface area contributed by atoms with E-state index in [2.05, 4.69) is 9.55 Å². The Kier molecular flexibility index (Phi) is 4.09. The minimum atomic E-state index is -0.149. The number of carbonyl (C=O) groups is 1. The Morgan fingerprint density at radius 2 is 2.27 bits per heavy atom. The predicted octanol–water partition coefficient (Wildman–Crippen LogP) is 0.766. The van der Waals surface area contributed by atoms with Gasteiger partial charge in [-0.2, -0.15) is 0 Å². The highest BCUT2D eigenvalue weighted by atomic mass is 16.2. The molecule has 0 aliphatic carbocycles. The second-order valence-corrected chi connectivity index (χ2v) is 5.84. The highest BCUT2D eigenvalue weighted by molar-refractivity contribution is 5.75. The van der Waals surface area contributed by atoms with E-state index in [0.717, 1.165) is 25.2 Å². The summed E-state index contributed by atoms with van der Waals surface area (Å²) in [5.41, 5.74) is -0.149. The van der Waals surface area contributed by atoms with Crippen molar-refractivity contribution in [3.63, 3.8) is 0 Å². The van der Waals surface area contributed by atoms with E-state index in [1.807, 2.05) is 12.4 Å². The van der Waals surface area contributed by atoms with E-state index in [4.69, 9.17) is 0 Å². The van der Waals surface area contributed by atoms with Crippen molar-refractivity contribution in [3.8, 4) is 0 Å². The SMILES string of the molecule is CN(CC1CCn2ccnc2C1)C(=O)Cn1ccccc1=O. The van der Waals surface area contributed by atoms with Crippen LogP contribution in [0.15, 0.2) is 41.6 Å². The molecule has 0 saturated carbocycles. The summed E-state index contributed by atoms with van der Waals surface area (Å²) < 4.78 is 3.61. The molecule has 3 heterocycles. The van der Waals surface area contributed by atoms with Crippen molar-refractivity contribution in [3.05, 3.63) is 53.0 Å². The van der Waals surface area contributed by atoms with Gasteiger partial charge in [0.15, 0.2) is 0 Å². The highest BCUT2D eigenvalue weighted by Gasteiger charge is 2.22. The van der Waals surface area contributed by atoms with E-state index in [0.29, 0.717) is 12.5 Å². The lowest BCUT2D eigenvalue weighted by molar-refractivity contribution is -0.131. The summed E-state index contributed by atoms with van der Waals surface area (Å²) in [5, 5.41) is 0. The molecule has 116 valence electrons. The van der Waals surface area contributed by atoms with Gasteiger partial charge >= 0.3 is 0 Å². The molecule has 0 N–H and O–H groups in total. The molecule has 0 radical (unpaired) electrons. The molecule has 0 spiro atoms. The van der Waals surface area contributed by atoms with Crippen LogP contribution in [0.2, 0.25) is 0 Å². The zero-order valence-corrected chi connectivity index (χ0v) is 12.7. The molecule has 1 unspecified atom stereocenters. The van der Waals surface area contributed by atoms with Crippen LogP contribution in [-0.2, 0) is 24.3 Å². The van der Waals surface area contributed by atoms with E-state index in [9.17, 15) is 9.59 Å². The van der Waals surface area contributed by atoms with Gasteiger partial charge in [-0.15, -0.1) is 0 Å². The standard InChI is InChI=1S/C16H20N4O2/c1-18(16(22)12-20-7-3-2-4-15(20)21)11-13-5-8-19-9-6-17-14(19)10-13/h2-4,6-7,9,13H,5,8,10-12H2,1H3. The Hall–Kier alpha value is -2.37. The van der Waals surface area contributed by atoms with Crippen molar-refractivity contribution >= 4 is 5.91 Å². The molecule has 0 saturated heterocycles. The number of amides is 1. The molecular formula is C16H20N4O2. The summed E-state index contributed by atoms with van der Waals surface area (Å²) in [4.78, 5) is 30.0. The lowest BCUT2D eigenvalue weighted by Gasteiger charge is -2.28. The van der Waals surface area contributed by atoms with Gasteiger partial charge in [0.1, 0.15) is 12.4 Å². The fraction of sp³-hybridized carbons (Fsp3) is 0.438. The fourth-order valence-corrected chi connectivity index (χ4v) is 2.92. The molecule has 0 bridgehead atoms. The second-order valence-electron chi connectivity index (χ2n) is 5.84. The van der Waals surface area contributed by atoms with Crippen LogP contribution >= 0.6 is 0 Å². The summed E-state index contributed by atoms with van der Waals surface area (Å²) in [5.74, 6) is 1.48. The molecular weight excluding hydrogens is 280 g/mol. The summed E-state index contributed by atoms with van der Waals surface area (Å²) in [7, 11) is 1.80. The Balaban J connectivity index is 1.58. The third-order valence-electron chi connectivity index (χ3n) is 4.21. The van der Waals surface area contributed by atoms with E-state index >= 15 is 0 Å². The molecule has 0 fully saturated rings. The number of nitrogens with zero attached hydrogens (tertiary/aromatic N) is 4. The normalized spacial score (nSPS) is 17.0. The van der Waals surface area contributed by atoms with Crippen molar-refractivity contribution in [1.82, 2.24) is 19.0 Å². The summed E-state index contributed by atoms with van der Waals surface area (Å²) in [6, 6.07) is 4.90. The van der Waals surface area contributed by atoms with Gasteiger partial charge in [-0.25, -0.2) is 4.98 Å². The van der Waals surface area contributed by atoms with Crippen LogP contribution in [-0.4, -0.2) is 38.5 Å². The van der Waals surface area contributed by atoms with Crippen LogP contribution in [0.1, 0.15) is 12.2 Å². The molecule has 1 atom stereocenters. The largest absolute Gasteiger partial charge is 0.344 e. The number of rotatable bonds is 4. The van der Waals surface area contributed by atoms with Crippen LogP contribution in [0.25, 0.3) is 0 Å². The Morgan fingerprint density at radius 3 is 3.09 bits per heavy atom. The molecule has 22 heavy (non-hydrogen) atoms. The maximum absolute atomic E-state index is 12.3. The topological polar surface area (TPSA) is 60.1 Å². The molecule has 1 amide bonds. The van der Waals surface area contributed by atoms with Crippen LogP contribution in [0.3, 0.4) is 0 Å². The average Bonchev–Trinajstić information content (AvgIpc) is 2.97. The average molecular weight is 300 g/mol. The van der Waals surface area contributed by atoms with Gasteiger partial charge in [-0.05, 0) is 18.4 Å². The number of hydrogen-bond acceptors (Lipinski definition) is 3. The number of likely N-dealkylation sites (N-methyl/N-ethyl adjacent to an activating group) is 1. The first-order valence-electron chi connectivity index (χ1n) is 7.53. The summed E-state index contributed by atoms with van der Waals surface area (Å²) in [6.07, 6.45) is 7.42. The van der Waals surface area contributed by atoms with E-state index < -0.39 is 0 Å². The van der Waals surface area contributed by atoms with Crippen molar-refractivity contribution in [2.45, 2.75) is 25.9 Å². The van der Waals surface area contributed by atoms with Gasteiger partial charge in [0.25, 0.3) is 5.56 Å². The maximum atomic E-state index is 12.3. The molecule has 1 aliphatic heterocycles. The smallest absolute Gasteiger partial charge is 0.250 e. The molecule has 0 aromatic carbocycles. The van der Waals surface area contributed by atoms with Crippen molar-refractivity contribution in [1.29, 1.82) is 0 Å². The third-order valence-corrected chi connectivity index (χ3v) is 4.21. The highest BCUT2D eigenvalue weighted by Crippen LogP contribution is 2.19. The summed E-state index contributed by atoms with van der Waals surface area (Å²) >= 11 is 0. The quantitative estimate of drug-likeness (QED) is 0.838. The van der Waals surface area contributed by atoms with Gasteiger partial charge in [-0.1, -0.05) is 6.07 Å². The predicted molar refractivity (Wildman–Crippen MR) is 82.4 cm³/mol. The van der Waals surface area contributed by atoms with E-state index in [1.165, 1.54) is 10.6 Å². The van der Waals surface area contributed by atoms with Gasteiger partial charge < -0.3 is 14.0 Å². The molecule has 6 heteroatoms. The van der Waals surface area contributed by atoms with Crippen molar-refractivity contribution in [2.24, 2.45) is 5.92 Å². The first kappa shape index (κ1) is 14.6. The number of pyridine rings is 1. The molecule has 6 nitrogen and oxygen atoms in total. The Morgan fingerprint density at radius 1 is 1.41 bits per heavy atom. The van der Waals surface area contributed by atoms with Crippen molar-refractivity contribution < 1.29 is 4.79 Å². The van der Waals surface area contributed by atoms with Crippen LogP contribution < -0.4 is 5.56 Å². The van der Waals surface area contributed by atoms with Crippen molar-refractivity contribution in [2.75, 3.05) is 13.6 Å². The number of fused-ring (bicyclic) bond motifs is 1. The maximum Gasteiger partial charge on any atom is 0.250 e. The van der Waals surface area contributed by atoms with Crippen LogP contribution in [0.4, 0.5) is 0 Å². The number of imidazole rings is 1. The fourth-order valence-electron chi connectivity index (χ4n) is 2.92.